The second-order valence-corrected chi connectivity index (χ2v) is 13.1. The third-order valence-corrected chi connectivity index (χ3v) is 9.60. The van der Waals surface area contributed by atoms with Gasteiger partial charge in [0, 0.05) is 38.6 Å². The van der Waals surface area contributed by atoms with E-state index in [2.05, 4.69) is 30.3 Å². The fourth-order valence-corrected chi connectivity index (χ4v) is 6.94. The predicted octanol–water partition coefficient (Wildman–Crippen LogP) is 11.6. The summed E-state index contributed by atoms with van der Waals surface area (Å²) in [4.78, 5) is 30.2. The zero-order chi connectivity index (χ0) is 36.6. The summed E-state index contributed by atoms with van der Waals surface area (Å²) in [7, 11) is 0. The van der Waals surface area contributed by atoms with Gasteiger partial charge in [-0.1, -0.05) is 164 Å². The highest BCUT2D eigenvalue weighted by Crippen LogP contribution is 2.42. The number of para-hydroxylation sites is 1. The Labute approximate surface area is 316 Å². The van der Waals surface area contributed by atoms with Crippen molar-refractivity contribution in [3.05, 3.63) is 182 Å². The van der Waals surface area contributed by atoms with Gasteiger partial charge in [-0.25, -0.2) is 29.9 Å². The van der Waals surface area contributed by atoms with Crippen molar-refractivity contribution in [2.45, 2.75) is 0 Å². The molecule has 0 saturated heterocycles. The van der Waals surface area contributed by atoms with Crippen molar-refractivity contribution < 1.29 is 4.42 Å². The molecule has 0 N–H and O–H groups in total. The van der Waals surface area contributed by atoms with Crippen molar-refractivity contribution in [3.8, 4) is 79.5 Å². The number of furan rings is 1. The summed E-state index contributed by atoms with van der Waals surface area (Å²) in [6, 6.07) is 60.6. The normalized spacial score (nSPS) is 11.3. The Bertz CT molecular complexity index is 2850. The number of benzene rings is 7. The van der Waals surface area contributed by atoms with Crippen molar-refractivity contribution >= 4 is 21.9 Å². The molecule has 0 atom stereocenters. The van der Waals surface area contributed by atoms with Crippen LogP contribution in [0.15, 0.2) is 186 Å². The first-order chi connectivity index (χ1) is 27.2. The first-order valence-electron chi connectivity index (χ1n) is 18.0. The van der Waals surface area contributed by atoms with Gasteiger partial charge in [-0.2, -0.15) is 0 Å². The number of hydrogen-bond donors (Lipinski definition) is 0. The summed E-state index contributed by atoms with van der Waals surface area (Å²) in [5.74, 6) is 3.43. The Morgan fingerprint density at radius 1 is 0.291 bits per heavy atom. The fraction of sp³-hybridized carbons (Fsp3) is 0. The van der Waals surface area contributed by atoms with Gasteiger partial charge in [0.15, 0.2) is 34.9 Å². The minimum absolute atomic E-state index is 0.510. The second kappa shape index (κ2) is 13.7. The topological polar surface area (TPSA) is 90.5 Å². The van der Waals surface area contributed by atoms with E-state index in [4.69, 9.17) is 34.3 Å². The molecule has 0 unspecified atom stereocenters. The van der Waals surface area contributed by atoms with Crippen LogP contribution >= 0.6 is 0 Å². The van der Waals surface area contributed by atoms with E-state index in [-0.39, 0.29) is 0 Å². The van der Waals surface area contributed by atoms with E-state index >= 15 is 0 Å². The molecule has 55 heavy (non-hydrogen) atoms. The Morgan fingerprint density at radius 2 is 0.691 bits per heavy atom. The predicted molar refractivity (Wildman–Crippen MR) is 219 cm³/mol. The molecule has 0 radical (unpaired) electrons. The largest absolute Gasteiger partial charge is 0.455 e. The molecule has 0 aliphatic rings. The van der Waals surface area contributed by atoms with E-state index < -0.39 is 0 Å². The molecule has 3 aromatic heterocycles. The molecule has 3 heterocycles. The van der Waals surface area contributed by atoms with Crippen molar-refractivity contribution in [3.63, 3.8) is 0 Å². The van der Waals surface area contributed by atoms with E-state index in [9.17, 15) is 0 Å². The van der Waals surface area contributed by atoms with Gasteiger partial charge in [0.25, 0.3) is 0 Å². The molecular formula is C48H30N6O. The molecule has 0 aliphatic carbocycles. The standard InChI is InChI=1S/C48H30N6O/c1-5-16-31(17-6-1)43-49-44(32-18-7-2-8-19-32)52-47(51-43)36-25-15-24-35(30-36)37-28-29-39-38-26-13-14-27-40(38)55-42(39)41(37)48-53-45(33-20-9-3-10-21-33)50-46(54-48)34-22-11-4-12-23-34/h1-30H. The molecule has 10 rings (SSSR count). The van der Waals surface area contributed by atoms with Crippen molar-refractivity contribution in [1.82, 2.24) is 29.9 Å². The molecule has 258 valence electrons. The van der Waals surface area contributed by atoms with Crippen LogP contribution in [0.25, 0.3) is 101 Å². The Kier molecular flexibility index (Phi) is 8.00. The minimum Gasteiger partial charge on any atom is -0.455 e. The van der Waals surface area contributed by atoms with E-state index in [0.29, 0.717) is 40.5 Å². The Balaban J connectivity index is 1.21. The molecule has 7 aromatic carbocycles. The summed E-state index contributed by atoms with van der Waals surface area (Å²) in [5.41, 5.74) is 8.54. The van der Waals surface area contributed by atoms with E-state index in [1.54, 1.807) is 0 Å². The number of fused-ring (bicyclic) bond motifs is 3. The highest BCUT2D eigenvalue weighted by molar-refractivity contribution is 6.12. The number of rotatable bonds is 7. The lowest BCUT2D eigenvalue weighted by molar-refractivity contribution is 0.669. The average Bonchev–Trinajstić information content (AvgIpc) is 3.66. The van der Waals surface area contributed by atoms with Gasteiger partial charge in [0.2, 0.25) is 0 Å². The summed E-state index contributed by atoms with van der Waals surface area (Å²) in [6.45, 7) is 0. The number of hydrogen-bond acceptors (Lipinski definition) is 7. The molecule has 0 aliphatic heterocycles. The van der Waals surface area contributed by atoms with Gasteiger partial charge in [-0.3, -0.25) is 0 Å². The smallest absolute Gasteiger partial charge is 0.168 e. The van der Waals surface area contributed by atoms with Crippen LogP contribution in [0.1, 0.15) is 0 Å². The molecule has 7 nitrogen and oxygen atoms in total. The highest BCUT2D eigenvalue weighted by Gasteiger charge is 2.23. The maximum Gasteiger partial charge on any atom is 0.168 e. The van der Waals surface area contributed by atoms with Crippen LogP contribution in [0.4, 0.5) is 0 Å². The SMILES string of the molecule is c1ccc(-c2nc(-c3ccccc3)nc(-c3cccc(-c4ccc5c(oc6ccccc65)c4-c4nc(-c5ccccc5)nc(-c5ccccc5)n4)c3)n2)cc1. The number of nitrogens with zero attached hydrogens (tertiary/aromatic N) is 6. The zero-order valence-corrected chi connectivity index (χ0v) is 29.4. The van der Waals surface area contributed by atoms with Gasteiger partial charge in [-0.15, -0.1) is 0 Å². The average molecular weight is 707 g/mol. The van der Waals surface area contributed by atoms with Crippen LogP contribution in [-0.4, -0.2) is 29.9 Å². The third kappa shape index (κ3) is 6.09. The summed E-state index contributed by atoms with van der Waals surface area (Å²) >= 11 is 0. The molecule has 0 spiro atoms. The molecule has 10 aromatic rings. The van der Waals surface area contributed by atoms with Gasteiger partial charge in [-0.05, 0) is 29.3 Å². The highest BCUT2D eigenvalue weighted by atomic mass is 16.3. The summed E-state index contributed by atoms with van der Waals surface area (Å²) < 4.78 is 6.70. The maximum absolute atomic E-state index is 6.70. The lowest BCUT2D eigenvalue weighted by Gasteiger charge is -2.14. The molecule has 0 fully saturated rings. The van der Waals surface area contributed by atoms with Gasteiger partial charge >= 0.3 is 0 Å². The monoisotopic (exact) mass is 706 g/mol. The number of aromatic nitrogens is 6. The summed E-state index contributed by atoms with van der Waals surface area (Å²) in [6.07, 6.45) is 0. The van der Waals surface area contributed by atoms with Gasteiger partial charge in [0.05, 0.1) is 5.56 Å². The van der Waals surface area contributed by atoms with Crippen molar-refractivity contribution in [1.29, 1.82) is 0 Å². The van der Waals surface area contributed by atoms with E-state index in [1.807, 2.05) is 152 Å². The molecule has 0 bridgehead atoms. The summed E-state index contributed by atoms with van der Waals surface area (Å²) in [5, 5.41) is 2.00. The van der Waals surface area contributed by atoms with E-state index in [0.717, 1.165) is 60.9 Å². The molecule has 7 heteroatoms. The first-order valence-corrected chi connectivity index (χ1v) is 18.0. The van der Waals surface area contributed by atoms with Crippen molar-refractivity contribution in [2.24, 2.45) is 0 Å². The lowest BCUT2D eigenvalue weighted by Crippen LogP contribution is -2.02. The Morgan fingerprint density at radius 3 is 1.20 bits per heavy atom. The van der Waals surface area contributed by atoms with Crippen LogP contribution in [0, 0.1) is 0 Å². The Hall–Kier alpha value is -7.64. The quantitative estimate of drug-likeness (QED) is 0.163. The minimum atomic E-state index is 0.510. The van der Waals surface area contributed by atoms with Crippen LogP contribution in [0.5, 0.6) is 0 Å². The van der Waals surface area contributed by atoms with Crippen molar-refractivity contribution in [2.75, 3.05) is 0 Å². The van der Waals surface area contributed by atoms with Crippen LogP contribution in [-0.2, 0) is 0 Å². The molecule has 0 amide bonds. The fourth-order valence-electron chi connectivity index (χ4n) is 6.94. The molecular weight excluding hydrogens is 677 g/mol. The maximum atomic E-state index is 6.70. The van der Waals surface area contributed by atoms with Crippen LogP contribution in [0.2, 0.25) is 0 Å². The van der Waals surface area contributed by atoms with Crippen LogP contribution < -0.4 is 0 Å². The van der Waals surface area contributed by atoms with E-state index in [1.165, 1.54) is 0 Å². The van der Waals surface area contributed by atoms with Crippen LogP contribution in [0.3, 0.4) is 0 Å². The lowest BCUT2D eigenvalue weighted by atomic mass is 9.95. The second-order valence-electron chi connectivity index (χ2n) is 13.1. The molecule has 0 saturated carbocycles. The van der Waals surface area contributed by atoms with Gasteiger partial charge in [0.1, 0.15) is 11.2 Å². The first kappa shape index (κ1) is 32.0. The third-order valence-electron chi connectivity index (χ3n) is 9.60. The zero-order valence-electron chi connectivity index (χ0n) is 29.4. The van der Waals surface area contributed by atoms with Gasteiger partial charge < -0.3 is 4.42 Å².